The molecule has 3 rings (SSSR count). The quantitative estimate of drug-likeness (QED) is 0.793. The van der Waals surface area contributed by atoms with Crippen LogP contribution in [-0.2, 0) is 0 Å². The highest BCUT2D eigenvalue weighted by Gasteiger charge is 2.27. The summed E-state index contributed by atoms with van der Waals surface area (Å²) in [5.41, 5.74) is 2.81. The van der Waals surface area contributed by atoms with Gasteiger partial charge < -0.3 is 10.2 Å². The second-order valence-corrected chi connectivity index (χ2v) is 5.39. The minimum absolute atomic E-state index is 0.505. The van der Waals surface area contributed by atoms with Crippen molar-refractivity contribution >= 4 is 15.9 Å². The van der Waals surface area contributed by atoms with Gasteiger partial charge in [-0.15, -0.1) is 0 Å². The molecule has 3 aliphatic rings. The van der Waals surface area contributed by atoms with Crippen LogP contribution in [0.15, 0.2) is 46.3 Å². The fourth-order valence-corrected chi connectivity index (χ4v) is 3.02. The summed E-state index contributed by atoms with van der Waals surface area (Å²) in [6, 6.07) is 0.505. The van der Waals surface area contributed by atoms with Crippen molar-refractivity contribution in [2.75, 3.05) is 6.67 Å². The van der Waals surface area contributed by atoms with Crippen LogP contribution in [0.3, 0.4) is 0 Å². The topological polar surface area (TPSA) is 15.3 Å². The predicted octanol–water partition coefficient (Wildman–Crippen LogP) is 3.02. The molecule has 1 aliphatic heterocycles. The molecule has 2 nitrogen and oxygen atoms in total. The average molecular weight is 279 g/mol. The number of rotatable bonds is 1. The van der Waals surface area contributed by atoms with Crippen LogP contribution in [0.5, 0.6) is 0 Å². The van der Waals surface area contributed by atoms with Gasteiger partial charge in [0.25, 0.3) is 0 Å². The lowest BCUT2D eigenvalue weighted by Crippen LogP contribution is -2.34. The van der Waals surface area contributed by atoms with E-state index in [0.717, 1.165) is 13.1 Å². The summed E-state index contributed by atoms with van der Waals surface area (Å²) in [5.74, 6) is 0. The number of nitrogens with one attached hydrogen (secondary N) is 1. The Bertz CT molecular complexity index is 418. The van der Waals surface area contributed by atoms with Gasteiger partial charge in [-0.25, -0.2) is 0 Å². The molecule has 1 heterocycles. The van der Waals surface area contributed by atoms with Crippen LogP contribution in [0.1, 0.15) is 19.3 Å². The molecule has 2 aliphatic carbocycles. The summed E-state index contributed by atoms with van der Waals surface area (Å²) in [5, 5.41) is 3.47. The highest BCUT2D eigenvalue weighted by molar-refractivity contribution is 9.11. The Morgan fingerprint density at radius 2 is 2.38 bits per heavy atom. The molecule has 1 N–H and O–H groups in total. The zero-order chi connectivity index (χ0) is 11.0. The molecular weight excluding hydrogens is 264 g/mol. The van der Waals surface area contributed by atoms with Gasteiger partial charge in [-0.05, 0) is 23.4 Å². The van der Waals surface area contributed by atoms with Crippen molar-refractivity contribution in [1.82, 2.24) is 10.2 Å². The minimum atomic E-state index is 0.505. The maximum absolute atomic E-state index is 3.60. The first-order chi connectivity index (χ1) is 7.84. The molecule has 0 radical (unpaired) electrons. The summed E-state index contributed by atoms with van der Waals surface area (Å²) < 4.78 is 1.29. The van der Waals surface area contributed by atoms with Gasteiger partial charge in [-0.3, -0.25) is 0 Å². The molecule has 3 heteroatoms. The zero-order valence-corrected chi connectivity index (χ0v) is 10.7. The van der Waals surface area contributed by atoms with Crippen LogP contribution in [-0.4, -0.2) is 17.6 Å². The first-order valence-electron chi connectivity index (χ1n) is 5.77. The normalized spacial score (nSPS) is 27.9. The Morgan fingerprint density at radius 1 is 1.44 bits per heavy atom. The zero-order valence-electron chi connectivity index (χ0n) is 9.12. The molecule has 0 saturated heterocycles. The highest BCUT2D eigenvalue weighted by Crippen LogP contribution is 2.31. The molecule has 16 heavy (non-hydrogen) atoms. The van der Waals surface area contributed by atoms with E-state index in [4.69, 9.17) is 0 Å². The first-order valence-corrected chi connectivity index (χ1v) is 6.57. The third-order valence-electron chi connectivity index (χ3n) is 3.34. The van der Waals surface area contributed by atoms with E-state index < -0.39 is 0 Å². The predicted molar refractivity (Wildman–Crippen MR) is 69.8 cm³/mol. The summed E-state index contributed by atoms with van der Waals surface area (Å²) in [6.45, 7) is 0.949. The van der Waals surface area contributed by atoms with Crippen molar-refractivity contribution in [3.63, 3.8) is 0 Å². The van der Waals surface area contributed by atoms with Crippen LogP contribution in [0.4, 0.5) is 0 Å². The lowest BCUT2D eigenvalue weighted by atomic mass is 10.0. The minimum Gasteiger partial charge on any atom is -0.366 e. The summed E-state index contributed by atoms with van der Waals surface area (Å²) in [7, 11) is 0. The average Bonchev–Trinajstić information content (AvgIpc) is 2.72. The van der Waals surface area contributed by atoms with Crippen LogP contribution in [0.2, 0.25) is 0 Å². The third kappa shape index (κ3) is 1.73. The maximum Gasteiger partial charge on any atom is 0.0880 e. The molecule has 0 spiro atoms. The third-order valence-corrected chi connectivity index (χ3v) is 3.93. The molecule has 0 amide bonds. The van der Waals surface area contributed by atoms with Crippen LogP contribution in [0.25, 0.3) is 0 Å². The van der Waals surface area contributed by atoms with Crippen molar-refractivity contribution in [3.8, 4) is 0 Å². The van der Waals surface area contributed by atoms with E-state index >= 15 is 0 Å². The molecule has 0 aromatic heterocycles. The number of halogens is 1. The van der Waals surface area contributed by atoms with E-state index in [2.05, 4.69) is 56.5 Å². The van der Waals surface area contributed by atoms with Crippen molar-refractivity contribution in [2.45, 2.75) is 25.3 Å². The van der Waals surface area contributed by atoms with Gasteiger partial charge in [0.15, 0.2) is 0 Å². The van der Waals surface area contributed by atoms with Crippen molar-refractivity contribution in [1.29, 1.82) is 0 Å². The lowest BCUT2D eigenvalue weighted by Gasteiger charge is -2.30. The molecule has 0 aromatic carbocycles. The standard InChI is InChI=1S/C13H15BrN2/c14-10-4-3-5-11(8-10)16-9-15-12-6-1-2-7-13(12)16/h1,3-6,11,15H,2,7-9H2/t11-/m1/s1. The molecule has 0 bridgehead atoms. The van der Waals surface area contributed by atoms with Gasteiger partial charge >= 0.3 is 0 Å². The number of allylic oxidation sites excluding steroid dienone is 5. The van der Waals surface area contributed by atoms with Crippen molar-refractivity contribution in [3.05, 3.63) is 46.3 Å². The molecule has 84 valence electrons. The molecule has 0 aromatic rings. The lowest BCUT2D eigenvalue weighted by molar-refractivity contribution is 0.298. The fraction of sp³-hybridized carbons (Fsp3) is 0.385. The Morgan fingerprint density at radius 3 is 3.25 bits per heavy atom. The van der Waals surface area contributed by atoms with Crippen molar-refractivity contribution in [2.24, 2.45) is 0 Å². The smallest absolute Gasteiger partial charge is 0.0880 e. The van der Waals surface area contributed by atoms with E-state index in [0.29, 0.717) is 6.04 Å². The van der Waals surface area contributed by atoms with Crippen LogP contribution < -0.4 is 5.32 Å². The second kappa shape index (κ2) is 4.13. The van der Waals surface area contributed by atoms with Gasteiger partial charge in [0.2, 0.25) is 0 Å². The van der Waals surface area contributed by atoms with Gasteiger partial charge in [0, 0.05) is 12.1 Å². The van der Waals surface area contributed by atoms with E-state index in [-0.39, 0.29) is 0 Å². The van der Waals surface area contributed by atoms with Crippen LogP contribution in [0, 0.1) is 0 Å². The molecular formula is C13H15BrN2. The van der Waals surface area contributed by atoms with Gasteiger partial charge in [-0.2, -0.15) is 0 Å². The van der Waals surface area contributed by atoms with E-state index in [9.17, 15) is 0 Å². The monoisotopic (exact) mass is 278 g/mol. The number of hydrogen-bond acceptors (Lipinski definition) is 2. The largest absolute Gasteiger partial charge is 0.366 e. The van der Waals surface area contributed by atoms with Gasteiger partial charge in [0.1, 0.15) is 0 Å². The summed E-state index contributed by atoms with van der Waals surface area (Å²) in [6.07, 6.45) is 14.5. The fourth-order valence-electron chi connectivity index (χ4n) is 2.53. The molecule has 0 saturated carbocycles. The molecule has 0 fully saturated rings. The Labute approximate surface area is 105 Å². The van der Waals surface area contributed by atoms with Gasteiger partial charge in [0.05, 0.1) is 18.4 Å². The number of hydrogen-bond donors (Lipinski definition) is 1. The molecule has 0 unspecified atom stereocenters. The summed E-state index contributed by atoms with van der Waals surface area (Å²) in [4.78, 5) is 2.49. The molecule has 1 atom stereocenters. The highest BCUT2D eigenvalue weighted by atomic mass is 79.9. The maximum atomic E-state index is 3.60. The number of nitrogens with zero attached hydrogens (tertiary/aromatic N) is 1. The Hall–Kier alpha value is -0.960. The van der Waals surface area contributed by atoms with E-state index in [1.165, 1.54) is 28.7 Å². The summed E-state index contributed by atoms with van der Waals surface area (Å²) >= 11 is 3.60. The first kappa shape index (κ1) is 10.2. The second-order valence-electron chi connectivity index (χ2n) is 4.38. The Balaban J connectivity index is 1.82. The van der Waals surface area contributed by atoms with E-state index in [1.54, 1.807) is 0 Å². The van der Waals surface area contributed by atoms with Gasteiger partial charge in [-0.1, -0.05) is 40.2 Å². The SMILES string of the molecule is BrC1=CC=C[C@@H](N2CNC3=C2CCC=C3)C1. The van der Waals surface area contributed by atoms with Crippen molar-refractivity contribution < 1.29 is 0 Å². The van der Waals surface area contributed by atoms with E-state index in [1.807, 2.05) is 0 Å². The van der Waals surface area contributed by atoms with Crippen LogP contribution >= 0.6 is 15.9 Å². The Kier molecular flexibility index (Phi) is 2.64.